The molecule has 1 atom stereocenters. The van der Waals surface area contributed by atoms with Crippen molar-refractivity contribution in [2.45, 2.75) is 31.7 Å². The van der Waals surface area contributed by atoms with Crippen molar-refractivity contribution < 1.29 is 5.11 Å². The van der Waals surface area contributed by atoms with Crippen LogP contribution >= 0.6 is 23.2 Å². The van der Waals surface area contributed by atoms with E-state index < -0.39 is 0 Å². The summed E-state index contributed by atoms with van der Waals surface area (Å²) in [6, 6.07) is 2.14. The van der Waals surface area contributed by atoms with E-state index in [4.69, 9.17) is 28.3 Å². The number of aliphatic hydroxyl groups is 1. The minimum atomic E-state index is 0.230. The normalized spacial score (nSPS) is 18.9. The molecule has 0 amide bonds. The molecule has 0 spiro atoms. The Balaban J connectivity index is 2.24. The Bertz CT molecular complexity index is 442. The highest BCUT2D eigenvalue weighted by atomic mass is 35.5. The molecular weight excluding hydrogens is 285 g/mol. The molecule has 1 aliphatic heterocycles. The summed E-state index contributed by atoms with van der Waals surface area (Å²) in [7, 11) is 1.79. The minimum Gasteiger partial charge on any atom is -0.396 e. The largest absolute Gasteiger partial charge is 0.396 e. The zero-order valence-corrected chi connectivity index (χ0v) is 12.5. The van der Waals surface area contributed by atoms with Gasteiger partial charge in [-0.25, -0.2) is 4.98 Å². The van der Waals surface area contributed by atoms with Crippen molar-refractivity contribution in [3.05, 3.63) is 16.1 Å². The van der Waals surface area contributed by atoms with Crippen LogP contribution in [-0.4, -0.2) is 36.3 Å². The molecule has 2 N–H and O–H groups in total. The molecule has 2 rings (SSSR count). The third-order valence-electron chi connectivity index (χ3n) is 3.49. The van der Waals surface area contributed by atoms with Crippen LogP contribution < -0.4 is 10.2 Å². The number of aliphatic hydroxyl groups excluding tert-OH is 1. The summed E-state index contributed by atoms with van der Waals surface area (Å²) >= 11 is 12.3. The molecule has 0 aromatic carbocycles. The Morgan fingerprint density at radius 2 is 2.26 bits per heavy atom. The lowest BCUT2D eigenvalue weighted by Gasteiger charge is -2.27. The van der Waals surface area contributed by atoms with Crippen LogP contribution in [0.5, 0.6) is 0 Å². The van der Waals surface area contributed by atoms with Gasteiger partial charge in [-0.15, -0.1) is 0 Å². The van der Waals surface area contributed by atoms with Crippen LogP contribution in [0.4, 0.5) is 11.6 Å². The molecule has 1 saturated heterocycles. The van der Waals surface area contributed by atoms with Crippen molar-refractivity contribution in [1.29, 1.82) is 0 Å². The quantitative estimate of drug-likeness (QED) is 0.877. The molecule has 4 nitrogen and oxygen atoms in total. The Hall–Kier alpha value is -0.710. The van der Waals surface area contributed by atoms with Gasteiger partial charge in [-0.1, -0.05) is 23.2 Å². The first-order valence-electron chi connectivity index (χ1n) is 6.58. The second kappa shape index (κ2) is 6.64. The first-order valence-corrected chi connectivity index (χ1v) is 7.34. The van der Waals surface area contributed by atoms with Gasteiger partial charge in [-0.3, -0.25) is 0 Å². The number of pyridine rings is 1. The summed E-state index contributed by atoms with van der Waals surface area (Å²) in [5.41, 5.74) is 0. The van der Waals surface area contributed by atoms with Gasteiger partial charge in [0, 0.05) is 26.2 Å². The van der Waals surface area contributed by atoms with Gasteiger partial charge in [0.15, 0.2) is 0 Å². The fraction of sp³-hybridized carbons (Fsp3) is 0.615. The van der Waals surface area contributed by atoms with Crippen LogP contribution in [0.25, 0.3) is 0 Å². The smallest absolute Gasteiger partial charge is 0.150 e. The SMILES string of the molecule is CNc1nc(N2CCCC2CCCO)c(Cl)cc1Cl. The summed E-state index contributed by atoms with van der Waals surface area (Å²) in [5, 5.41) is 13.1. The number of nitrogens with one attached hydrogen (secondary N) is 1. The monoisotopic (exact) mass is 303 g/mol. The van der Waals surface area contributed by atoms with Gasteiger partial charge in [0.2, 0.25) is 0 Å². The van der Waals surface area contributed by atoms with Crippen LogP contribution in [0.2, 0.25) is 10.0 Å². The summed E-state index contributed by atoms with van der Waals surface area (Å²) in [6.07, 6.45) is 4.03. The topological polar surface area (TPSA) is 48.4 Å². The van der Waals surface area contributed by atoms with E-state index in [9.17, 15) is 0 Å². The third kappa shape index (κ3) is 3.25. The van der Waals surface area contributed by atoms with Crippen molar-refractivity contribution in [1.82, 2.24) is 4.98 Å². The molecule has 1 unspecified atom stereocenters. The minimum absolute atomic E-state index is 0.230. The van der Waals surface area contributed by atoms with E-state index >= 15 is 0 Å². The molecule has 6 heteroatoms. The predicted molar refractivity (Wildman–Crippen MR) is 80.5 cm³/mol. The maximum absolute atomic E-state index is 8.97. The Morgan fingerprint density at radius 3 is 2.95 bits per heavy atom. The van der Waals surface area contributed by atoms with E-state index in [0.29, 0.717) is 21.9 Å². The lowest BCUT2D eigenvalue weighted by Crippen LogP contribution is -2.30. The number of hydrogen-bond donors (Lipinski definition) is 2. The molecule has 1 aliphatic rings. The Kier molecular flexibility index (Phi) is 5.13. The number of hydrogen-bond acceptors (Lipinski definition) is 4. The van der Waals surface area contributed by atoms with Crippen molar-refractivity contribution in [3.8, 4) is 0 Å². The fourth-order valence-electron chi connectivity index (χ4n) is 2.58. The first-order chi connectivity index (χ1) is 9.17. The highest BCUT2D eigenvalue weighted by Gasteiger charge is 2.27. The molecule has 0 bridgehead atoms. The van der Waals surface area contributed by atoms with E-state index in [2.05, 4.69) is 15.2 Å². The predicted octanol–water partition coefficient (Wildman–Crippen LogP) is 3.17. The van der Waals surface area contributed by atoms with Gasteiger partial charge < -0.3 is 15.3 Å². The second-order valence-electron chi connectivity index (χ2n) is 4.73. The van der Waals surface area contributed by atoms with Gasteiger partial charge in [0.05, 0.1) is 10.0 Å². The summed E-state index contributed by atoms with van der Waals surface area (Å²) in [5.74, 6) is 1.43. The number of rotatable bonds is 5. The zero-order chi connectivity index (χ0) is 13.8. The lowest BCUT2D eigenvalue weighted by molar-refractivity contribution is 0.279. The van der Waals surface area contributed by atoms with Gasteiger partial charge >= 0.3 is 0 Å². The van der Waals surface area contributed by atoms with Crippen LogP contribution in [-0.2, 0) is 0 Å². The molecule has 1 fully saturated rings. The van der Waals surface area contributed by atoms with Crippen LogP contribution in [0.3, 0.4) is 0 Å². The standard InChI is InChI=1S/C13H19Cl2N3O/c1-16-12-10(14)8-11(15)13(17-12)18-6-2-4-9(18)5-3-7-19/h8-9,19H,2-7H2,1H3,(H,16,17). The van der Waals surface area contributed by atoms with Crippen LogP contribution in [0.15, 0.2) is 6.07 Å². The third-order valence-corrected chi connectivity index (χ3v) is 4.06. The molecule has 106 valence electrons. The molecular formula is C13H19Cl2N3O. The fourth-order valence-corrected chi connectivity index (χ4v) is 3.14. The number of nitrogens with zero attached hydrogens (tertiary/aromatic N) is 2. The van der Waals surface area contributed by atoms with Crippen LogP contribution in [0.1, 0.15) is 25.7 Å². The average Bonchev–Trinajstić information content (AvgIpc) is 2.84. The Morgan fingerprint density at radius 1 is 1.47 bits per heavy atom. The molecule has 1 aromatic rings. The van der Waals surface area contributed by atoms with Crippen molar-refractivity contribution >= 4 is 34.8 Å². The van der Waals surface area contributed by atoms with E-state index in [-0.39, 0.29) is 6.61 Å². The Labute approximate surface area is 123 Å². The maximum Gasteiger partial charge on any atom is 0.150 e. The second-order valence-corrected chi connectivity index (χ2v) is 5.54. The van der Waals surface area contributed by atoms with Gasteiger partial charge in [-0.05, 0) is 31.7 Å². The van der Waals surface area contributed by atoms with Crippen molar-refractivity contribution in [2.24, 2.45) is 0 Å². The number of halogens is 2. The van der Waals surface area contributed by atoms with Gasteiger partial charge in [0.1, 0.15) is 11.6 Å². The van der Waals surface area contributed by atoms with Crippen LogP contribution in [0, 0.1) is 0 Å². The first kappa shape index (κ1) is 14.7. The van der Waals surface area contributed by atoms with E-state index in [0.717, 1.165) is 38.0 Å². The highest BCUT2D eigenvalue weighted by Crippen LogP contribution is 2.35. The molecule has 0 saturated carbocycles. The molecule has 2 heterocycles. The maximum atomic E-state index is 8.97. The van der Waals surface area contributed by atoms with Gasteiger partial charge in [-0.2, -0.15) is 0 Å². The zero-order valence-electron chi connectivity index (χ0n) is 11.0. The van der Waals surface area contributed by atoms with E-state index in [1.807, 2.05) is 0 Å². The molecule has 0 aliphatic carbocycles. The molecule has 1 aromatic heterocycles. The van der Waals surface area contributed by atoms with Gasteiger partial charge in [0.25, 0.3) is 0 Å². The average molecular weight is 304 g/mol. The van der Waals surface area contributed by atoms with Crippen molar-refractivity contribution in [2.75, 3.05) is 30.4 Å². The van der Waals surface area contributed by atoms with E-state index in [1.54, 1.807) is 13.1 Å². The lowest BCUT2D eigenvalue weighted by atomic mass is 10.1. The van der Waals surface area contributed by atoms with E-state index in [1.165, 1.54) is 0 Å². The highest BCUT2D eigenvalue weighted by molar-refractivity contribution is 6.37. The summed E-state index contributed by atoms with van der Waals surface area (Å²) in [6.45, 7) is 1.18. The summed E-state index contributed by atoms with van der Waals surface area (Å²) < 4.78 is 0. The molecule has 19 heavy (non-hydrogen) atoms. The molecule has 0 radical (unpaired) electrons. The van der Waals surface area contributed by atoms with Crippen molar-refractivity contribution in [3.63, 3.8) is 0 Å². The number of anilines is 2. The summed E-state index contributed by atoms with van der Waals surface area (Å²) in [4.78, 5) is 6.75. The number of aromatic nitrogens is 1.